The van der Waals surface area contributed by atoms with Crippen molar-refractivity contribution in [3.8, 4) is 0 Å². The third-order valence-corrected chi connectivity index (χ3v) is 1.90. The van der Waals surface area contributed by atoms with Crippen molar-refractivity contribution in [1.82, 2.24) is 5.48 Å². The summed E-state index contributed by atoms with van der Waals surface area (Å²) in [5.41, 5.74) is 3.31. The lowest BCUT2D eigenvalue weighted by atomic mass is 10.1. The summed E-state index contributed by atoms with van der Waals surface area (Å²) in [5, 5.41) is 0. The van der Waals surface area contributed by atoms with Crippen molar-refractivity contribution in [1.29, 1.82) is 0 Å². The first kappa shape index (κ1) is 11.3. The standard InChI is InChI=1S/C8H8ClNO3S/c9-5-6-2-1-3-7(4-6)8(11)10-12-13-14/h1-4,14H,5H2,(H,10,11). The molecule has 0 unspecified atom stereocenters. The lowest BCUT2D eigenvalue weighted by molar-refractivity contribution is -0.227. The Labute approximate surface area is 91.7 Å². The van der Waals surface area contributed by atoms with Gasteiger partial charge in [-0.3, -0.25) is 4.79 Å². The number of hydroxylamine groups is 1. The van der Waals surface area contributed by atoms with E-state index >= 15 is 0 Å². The molecule has 0 aliphatic heterocycles. The minimum Gasteiger partial charge on any atom is -0.267 e. The Kier molecular flexibility index (Phi) is 4.75. The minimum atomic E-state index is -0.425. The van der Waals surface area contributed by atoms with Crippen molar-refractivity contribution in [2.24, 2.45) is 0 Å². The van der Waals surface area contributed by atoms with E-state index in [9.17, 15) is 4.79 Å². The molecule has 6 heteroatoms. The van der Waals surface area contributed by atoms with Crippen molar-refractivity contribution in [3.63, 3.8) is 0 Å². The predicted molar refractivity (Wildman–Crippen MR) is 54.6 cm³/mol. The van der Waals surface area contributed by atoms with Crippen LogP contribution in [0.5, 0.6) is 0 Å². The van der Waals surface area contributed by atoms with Crippen LogP contribution in [0, 0.1) is 0 Å². The zero-order chi connectivity index (χ0) is 10.4. The van der Waals surface area contributed by atoms with Crippen LogP contribution >= 0.6 is 24.5 Å². The van der Waals surface area contributed by atoms with Crippen LogP contribution in [0.15, 0.2) is 24.3 Å². The van der Waals surface area contributed by atoms with E-state index in [-0.39, 0.29) is 0 Å². The van der Waals surface area contributed by atoms with Crippen molar-refractivity contribution in [2.75, 3.05) is 0 Å². The number of amides is 1. The van der Waals surface area contributed by atoms with Crippen LogP contribution in [0.1, 0.15) is 15.9 Å². The zero-order valence-electron chi connectivity index (χ0n) is 7.07. The molecule has 0 bridgehead atoms. The Morgan fingerprint density at radius 2 is 2.36 bits per heavy atom. The summed E-state index contributed by atoms with van der Waals surface area (Å²) in [6, 6.07) is 6.84. The fraction of sp³-hybridized carbons (Fsp3) is 0.125. The number of thiol groups is 1. The molecule has 76 valence electrons. The highest BCUT2D eigenvalue weighted by molar-refractivity contribution is 7.74. The molecule has 1 aromatic rings. The molecule has 0 radical (unpaired) electrons. The van der Waals surface area contributed by atoms with E-state index in [2.05, 4.69) is 22.2 Å². The summed E-state index contributed by atoms with van der Waals surface area (Å²) in [6.45, 7) is 0. The van der Waals surface area contributed by atoms with Crippen LogP contribution in [-0.4, -0.2) is 5.91 Å². The number of hydrogen-bond acceptors (Lipinski definition) is 4. The van der Waals surface area contributed by atoms with Gasteiger partial charge < -0.3 is 0 Å². The van der Waals surface area contributed by atoms with Gasteiger partial charge in [-0.1, -0.05) is 17.1 Å². The molecule has 0 fully saturated rings. The second-order valence-corrected chi connectivity index (χ2v) is 2.84. The summed E-state index contributed by atoms with van der Waals surface area (Å²) in [6.07, 6.45) is 0. The van der Waals surface area contributed by atoms with Crippen molar-refractivity contribution >= 4 is 30.4 Å². The average Bonchev–Trinajstić information content (AvgIpc) is 2.26. The second-order valence-electron chi connectivity index (χ2n) is 2.42. The summed E-state index contributed by atoms with van der Waals surface area (Å²) >= 11 is 8.90. The molecule has 1 amide bonds. The molecule has 1 aromatic carbocycles. The molecule has 14 heavy (non-hydrogen) atoms. The topological polar surface area (TPSA) is 47.6 Å². The van der Waals surface area contributed by atoms with E-state index in [1.54, 1.807) is 18.2 Å². The zero-order valence-corrected chi connectivity index (χ0v) is 8.72. The number of carbonyl (C=O) groups excluding carboxylic acids is 1. The third kappa shape index (κ3) is 3.19. The largest absolute Gasteiger partial charge is 0.277 e. The van der Waals surface area contributed by atoms with Crippen LogP contribution in [0.25, 0.3) is 0 Å². The first-order valence-corrected chi connectivity index (χ1v) is 4.60. The molecule has 0 atom stereocenters. The van der Waals surface area contributed by atoms with Gasteiger partial charge in [0.1, 0.15) is 0 Å². The smallest absolute Gasteiger partial charge is 0.267 e. The van der Waals surface area contributed by atoms with E-state index in [1.165, 1.54) is 0 Å². The Bertz CT molecular complexity index is 321. The number of nitrogens with one attached hydrogen (secondary N) is 1. The van der Waals surface area contributed by atoms with E-state index < -0.39 is 5.91 Å². The van der Waals surface area contributed by atoms with Gasteiger partial charge in [0.15, 0.2) is 0 Å². The molecular weight excluding hydrogens is 226 g/mol. The van der Waals surface area contributed by atoms with Crippen LogP contribution in [0.2, 0.25) is 0 Å². The van der Waals surface area contributed by atoms with Gasteiger partial charge >= 0.3 is 0 Å². The van der Waals surface area contributed by atoms with Gasteiger partial charge in [-0.25, -0.2) is 0 Å². The van der Waals surface area contributed by atoms with E-state index in [0.29, 0.717) is 11.4 Å². The number of benzene rings is 1. The monoisotopic (exact) mass is 233 g/mol. The molecule has 4 nitrogen and oxygen atoms in total. The van der Waals surface area contributed by atoms with Gasteiger partial charge in [-0.2, -0.15) is 5.48 Å². The molecule has 0 saturated heterocycles. The fourth-order valence-corrected chi connectivity index (χ4v) is 1.11. The Morgan fingerprint density at radius 1 is 1.57 bits per heavy atom. The number of alkyl halides is 1. The van der Waals surface area contributed by atoms with Gasteiger partial charge in [0.2, 0.25) is 0 Å². The molecule has 0 aromatic heterocycles. The maximum atomic E-state index is 11.3. The highest BCUT2D eigenvalue weighted by atomic mass is 35.5. The van der Waals surface area contributed by atoms with Gasteiger partial charge in [-0.15, -0.1) is 15.9 Å². The van der Waals surface area contributed by atoms with Crippen molar-refractivity contribution in [3.05, 3.63) is 35.4 Å². The highest BCUT2D eigenvalue weighted by Crippen LogP contribution is 2.07. The molecule has 1 N–H and O–H groups in total. The predicted octanol–water partition coefficient (Wildman–Crippen LogP) is 1.86. The van der Waals surface area contributed by atoms with E-state index in [4.69, 9.17) is 11.6 Å². The summed E-state index contributed by atoms with van der Waals surface area (Å²) in [5.74, 6) is -0.0728. The van der Waals surface area contributed by atoms with Crippen LogP contribution in [0.4, 0.5) is 0 Å². The lowest BCUT2D eigenvalue weighted by Crippen LogP contribution is -2.22. The normalized spacial score (nSPS) is 9.86. The molecule has 1 rings (SSSR count). The highest BCUT2D eigenvalue weighted by Gasteiger charge is 2.05. The quantitative estimate of drug-likeness (QED) is 0.274. The second kappa shape index (κ2) is 5.87. The summed E-state index contributed by atoms with van der Waals surface area (Å²) in [7, 11) is 0. The molecule has 0 aliphatic carbocycles. The molecule has 0 heterocycles. The van der Waals surface area contributed by atoms with Crippen molar-refractivity contribution < 1.29 is 14.1 Å². The van der Waals surface area contributed by atoms with E-state index in [1.807, 2.05) is 11.5 Å². The summed E-state index contributed by atoms with van der Waals surface area (Å²) in [4.78, 5) is 15.4. The molecule has 0 aliphatic rings. The Balaban J connectivity index is 2.69. The van der Waals surface area contributed by atoms with Gasteiger partial charge in [0, 0.05) is 24.4 Å². The van der Waals surface area contributed by atoms with Crippen LogP contribution in [-0.2, 0) is 15.2 Å². The molecule has 0 spiro atoms. The van der Waals surface area contributed by atoms with Crippen LogP contribution < -0.4 is 5.48 Å². The third-order valence-electron chi connectivity index (χ3n) is 1.52. The number of rotatable bonds is 4. The summed E-state index contributed by atoms with van der Waals surface area (Å²) < 4.78 is 3.93. The molecular formula is C8H8ClNO3S. The fourth-order valence-electron chi connectivity index (χ4n) is 0.911. The first-order chi connectivity index (χ1) is 6.77. The Morgan fingerprint density at radius 3 is 3.00 bits per heavy atom. The SMILES string of the molecule is O=C(NOOS)c1cccc(CCl)c1. The van der Waals surface area contributed by atoms with Crippen LogP contribution in [0.3, 0.4) is 0 Å². The average molecular weight is 234 g/mol. The number of carbonyl (C=O) groups is 1. The maximum Gasteiger partial charge on any atom is 0.277 e. The lowest BCUT2D eigenvalue weighted by Gasteiger charge is -2.02. The van der Waals surface area contributed by atoms with Crippen molar-refractivity contribution in [2.45, 2.75) is 5.88 Å². The minimum absolute atomic E-state index is 0.352. The van der Waals surface area contributed by atoms with Gasteiger partial charge in [-0.05, 0) is 17.7 Å². The first-order valence-electron chi connectivity index (χ1n) is 3.70. The number of halogens is 1. The van der Waals surface area contributed by atoms with Gasteiger partial charge in [0.25, 0.3) is 5.91 Å². The van der Waals surface area contributed by atoms with Gasteiger partial charge in [0.05, 0.1) is 0 Å². The molecule has 0 saturated carbocycles. The maximum absolute atomic E-state index is 11.3. The number of hydrogen-bond donors (Lipinski definition) is 2. The van der Waals surface area contributed by atoms with E-state index in [0.717, 1.165) is 5.56 Å². The Hall–Kier alpha value is -0.750.